The molecule has 1 rings (SSSR count). The van der Waals surface area contributed by atoms with Crippen LogP contribution in [-0.4, -0.2) is 0 Å². The molecule has 2 nitrogen and oxygen atoms in total. The van der Waals surface area contributed by atoms with Crippen molar-refractivity contribution in [3.63, 3.8) is 0 Å². The Morgan fingerprint density at radius 3 is 2.75 bits per heavy atom. The summed E-state index contributed by atoms with van der Waals surface area (Å²) < 4.78 is 0. The lowest BCUT2D eigenvalue weighted by molar-refractivity contribution is 1.00. The van der Waals surface area contributed by atoms with Gasteiger partial charge in [0.25, 0.3) is 0 Å². The van der Waals surface area contributed by atoms with Crippen molar-refractivity contribution in [1.29, 1.82) is 0 Å². The molecular weight excluding hydrogens is 124 g/mol. The minimum absolute atomic E-state index is 0.456. The van der Waals surface area contributed by atoms with Crippen LogP contribution < -0.4 is 0 Å². The number of hydrogen-bond donors (Lipinski definition) is 0. The fraction of sp³-hybridized carbons (Fsp3) is 0.200. The Morgan fingerprint density at radius 1 is 1.62 bits per heavy atom. The molecule has 0 spiro atoms. The first-order valence-corrected chi connectivity index (χ1v) is 2.62. The molecule has 1 aliphatic heterocycles. The van der Waals surface area contributed by atoms with Crippen molar-refractivity contribution in [2.24, 2.45) is 10.2 Å². The van der Waals surface area contributed by atoms with Crippen LogP contribution in [0.2, 0.25) is 0 Å². The second-order valence-electron chi connectivity index (χ2n) is 1.50. The van der Waals surface area contributed by atoms with Gasteiger partial charge >= 0.3 is 0 Å². The van der Waals surface area contributed by atoms with E-state index in [-0.39, 0.29) is 0 Å². The van der Waals surface area contributed by atoms with Gasteiger partial charge in [-0.15, -0.1) is 5.11 Å². The lowest BCUT2D eigenvalue weighted by Crippen LogP contribution is -1.78. The first kappa shape index (κ1) is 5.51. The zero-order valence-corrected chi connectivity index (χ0v) is 5.02. The van der Waals surface area contributed by atoms with Gasteiger partial charge in [0.1, 0.15) is 5.16 Å². The van der Waals surface area contributed by atoms with Crippen LogP contribution in [0.5, 0.6) is 0 Å². The Labute approximate surface area is 52.6 Å². The van der Waals surface area contributed by atoms with Crippen LogP contribution in [-0.2, 0) is 0 Å². The van der Waals surface area contributed by atoms with Crippen LogP contribution in [0.4, 0.5) is 0 Å². The maximum absolute atomic E-state index is 5.44. The predicted octanol–water partition coefficient (Wildman–Crippen LogP) is 2.44. The average Bonchev–Trinajstić information content (AvgIpc) is 1.77. The molecule has 0 amide bonds. The third-order valence-electron chi connectivity index (χ3n) is 0.793. The molecule has 8 heavy (non-hydrogen) atoms. The van der Waals surface area contributed by atoms with Gasteiger partial charge in [-0.05, 0) is 6.08 Å². The average molecular weight is 129 g/mol. The topological polar surface area (TPSA) is 24.7 Å². The number of allylic oxidation sites excluding steroid dienone is 1. The molecule has 0 fully saturated rings. The fourth-order valence-electron chi connectivity index (χ4n) is 0.402. The number of rotatable bonds is 0. The number of halogens is 1. The fourth-order valence-corrected chi connectivity index (χ4v) is 0.517. The second-order valence-corrected chi connectivity index (χ2v) is 1.88. The standard InChI is InChI=1S/C5H5ClN2/c1-4-2-3-5(6)8-7-4/h3H,1-2H2. The molecule has 0 bridgehead atoms. The molecule has 1 heterocycles. The van der Waals surface area contributed by atoms with E-state index in [1.54, 1.807) is 6.08 Å². The summed E-state index contributed by atoms with van der Waals surface area (Å²) in [6.07, 6.45) is 2.50. The van der Waals surface area contributed by atoms with Crippen molar-refractivity contribution >= 4 is 11.6 Å². The van der Waals surface area contributed by atoms with Gasteiger partial charge < -0.3 is 0 Å². The minimum Gasteiger partial charge on any atom is -0.154 e. The third kappa shape index (κ3) is 1.17. The molecule has 0 atom stereocenters. The lowest BCUT2D eigenvalue weighted by Gasteiger charge is -1.97. The van der Waals surface area contributed by atoms with Gasteiger partial charge in [0.2, 0.25) is 0 Å². The van der Waals surface area contributed by atoms with Crippen LogP contribution >= 0.6 is 11.6 Å². The summed E-state index contributed by atoms with van der Waals surface area (Å²) in [6.45, 7) is 3.58. The van der Waals surface area contributed by atoms with E-state index in [2.05, 4.69) is 16.8 Å². The Morgan fingerprint density at radius 2 is 2.38 bits per heavy atom. The monoisotopic (exact) mass is 128 g/mol. The number of nitrogens with zero attached hydrogens (tertiary/aromatic N) is 2. The summed E-state index contributed by atoms with van der Waals surface area (Å²) in [5.74, 6) is 0. The van der Waals surface area contributed by atoms with Gasteiger partial charge in [-0.25, -0.2) is 0 Å². The highest BCUT2D eigenvalue weighted by atomic mass is 35.5. The first-order valence-electron chi connectivity index (χ1n) is 2.24. The highest BCUT2D eigenvalue weighted by molar-refractivity contribution is 6.29. The predicted molar refractivity (Wildman–Crippen MR) is 32.5 cm³/mol. The van der Waals surface area contributed by atoms with Gasteiger partial charge in [0.05, 0.1) is 5.70 Å². The van der Waals surface area contributed by atoms with Crippen molar-refractivity contribution in [1.82, 2.24) is 0 Å². The van der Waals surface area contributed by atoms with Crippen molar-refractivity contribution in [3.8, 4) is 0 Å². The van der Waals surface area contributed by atoms with Crippen molar-refractivity contribution in [2.45, 2.75) is 6.42 Å². The van der Waals surface area contributed by atoms with Crippen LogP contribution in [0.25, 0.3) is 0 Å². The van der Waals surface area contributed by atoms with Gasteiger partial charge in [0.15, 0.2) is 0 Å². The molecule has 0 aromatic rings. The van der Waals surface area contributed by atoms with E-state index in [0.717, 1.165) is 12.1 Å². The van der Waals surface area contributed by atoms with Gasteiger partial charge in [-0.1, -0.05) is 18.2 Å². The van der Waals surface area contributed by atoms with E-state index in [0.29, 0.717) is 5.16 Å². The van der Waals surface area contributed by atoms with Crippen LogP contribution in [0.1, 0.15) is 6.42 Å². The highest BCUT2D eigenvalue weighted by Gasteiger charge is 1.96. The first-order chi connectivity index (χ1) is 3.79. The Hall–Kier alpha value is -0.630. The quantitative estimate of drug-likeness (QED) is 0.448. The third-order valence-corrected chi connectivity index (χ3v) is 1.02. The highest BCUT2D eigenvalue weighted by Crippen LogP contribution is 2.16. The normalized spacial score (nSPS) is 18.6. The van der Waals surface area contributed by atoms with Crippen LogP contribution in [0.15, 0.2) is 33.7 Å². The summed E-state index contributed by atoms with van der Waals surface area (Å²) in [7, 11) is 0. The largest absolute Gasteiger partial charge is 0.154 e. The summed E-state index contributed by atoms with van der Waals surface area (Å²) in [5.41, 5.74) is 0.759. The summed E-state index contributed by atoms with van der Waals surface area (Å²) in [6, 6.07) is 0. The lowest BCUT2D eigenvalue weighted by atomic mass is 10.3. The maximum Gasteiger partial charge on any atom is 0.148 e. The van der Waals surface area contributed by atoms with E-state index >= 15 is 0 Å². The second kappa shape index (κ2) is 2.09. The van der Waals surface area contributed by atoms with E-state index < -0.39 is 0 Å². The van der Waals surface area contributed by atoms with E-state index in [9.17, 15) is 0 Å². The molecule has 0 radical (unpaired) electrons. The molecule has 0 aromatic heterocycles. The molecule has 42 valence electrons. The molecule has 0 aliphatic carbocycles. The Balaban J connectivity index is 2.71. The van der Waals surface area contributed by atoms with E-state index in [1.165, 1.54) is 0 Å². The zero-order chi connectivity index (χ0) is 5.98. The molecule has 0 unspecified atom stereocenters. The number of hydrogen-bond acceptors (Lipinski definition) is 2. The smallest absolute Gasteiger partial charge is 0.148 e. The Bertz CT molecular complexity index is 167. The van der Waals surface area contributed by atoms with E-state index in [4.69, 9.17) is 11.6 Å². The van der Waals surface area contributed by atoms with Crippen molar-refractivity contribution in [3.05, 3.63) is 23.5 Å². The van der Waals surface area contributed by atoms with Crippen molar-refractivity contribution < 1.29 is 0 Å². The van der Waals surface area contributed by atoms with Gasteiger partial charge in [-0.3, -0.25) is 0 Å². The molecule has 0 aromatic carbocycles. The SMILES string of the molecule is C=C1CC=C(Cl)N=N1. The van der Waals surface area contributed by atoms with Crippen LogP contribution in [0.3, 0.4) is 0 Å². The molecule has 1 aliphatic rings. The summed E-state index contributed by atoms with van der Waals surface area (Å²) in [5, 5.41) is 7.66. The Kier molecular flexibility index (Phi) is 1.44. The molecular formula is C5H5ClN2. The molecule has 0 N–H and O–H groups in total. The maximum atomic E-state index is 5.44. The number of azo groups is 1. The van der Waals surface area contributed by atoms with Crippen molar-refractivity contribution in [2.75, 3.05) is 0 Å². The van der Waals surface area contributed by atoms with Gasteiger partial charge in [-0.2, -0.15) is 5.11 Å². The van der Waals surface area contributed by atoms with E-state index in [1.807, 2.05) is 0 Å². The molecule has 0 saturated heterocycles. The minimum atomic E-state index is 0.456. The van der Waals surface area contributed by atoms with Crippen LogP contribution in [0, 0.1) is 0 Å². The molecule has 3 heteroatoms. The van der Waals surface area contributed by atoms with Gasteiger partial charge in [0, 0.05) is 6.42 Å². The zero-order valence-electron chi connectivity index (χ0n) is 4.26. The molecule has 0 saturated carbocycles. The summed E-state index contributed by atoms with van der Waals surface area (Å²) >= 11 is 5.44. The summed E-state index contributed by atoms with van der Waals surface area (Å²) in [4.78, 5) is 0.